The number of amides is 6. The molecule has 74 heavy (non-hydrogen) atoms. The van der Waals surface area contributed by atoms with Gasteiger partial charge in [0.2, 0.25) is 35.4 Å². The van der Waals surface area contributed by atoms with Gasteiger partial charge in [-0.3, -0.25) is 28.8 Å². The van der Waals surface area contributed by atoms with Gasteiger partial charge in [0.1, 0.15) is 24.2 Å². The number of hydrogen-bond acceptors (Lipinski definition) is 12. The number of nitrogens with zero attached hydrogens (tertiary/aromatic N) is 6. The van der Waals surface area contributed by atoms with Gasteiger partial charge in [0.25, 0.3) is 0 Å². The Balaban J connectivity index is 1.13. The minimum absolute atomic E-state index is 0.0452. The summed E-state index contributed by atoms with van der Waals surface area (Å²) in [6.07, 6.45) is 12.5. The van der Waals surface area contributed by atoms with Gasteiger partial charge in [-0.25, -0.2) is 9.36 Å². The second-order valence-corrected chi connectivity index (χ2v) is 21.8. The number of fused-ring (bicyclic) bond motifs is 2. The number of hydrogen-bond donors (Lipinski definition) is 8. The highest BCUT2D eigenvalue weighted by Gasteiger charge is 2.38. The van der Waals surface area contributed by atoms with Crippen LogP contribution in [0.25, 0.3) is 0 Å². The number of aromatic nitrogens is 6. The summed E-state index contributed by atoms with van der Waals surface area (Å²) in [5.41, 5.74) is 4.08. The van der Waals surface area contributed by atoms with Gasteiger partial charge in [0.05, 0.1) is 48.6 Å². The molecule has 2 aromatic carbocycles. The minimum Gasteiger partial charge on any atom is -0.347 e. The Kier molecular flexibility index (Phi) is 19.4. The monoisotopic (exact) mass is 1020 g/mol. The van der Waals surface area contributed by atoms with Crippen molar-refractivity contribution in [1.29, 1.82) is 0 Å². The fraction of sp³-hybridized carbons (Fsp3) is 0.556. The summed E-state index contributed by atoms with van der Waals surface area (Å²) in [5, 5.41) is 41.2. The van der Waals surface area contributed by atoms with Gasteiger partial charge in [-0.2, -0.15) is 0 Å². The van der Waals surface area contributed by atoms with Crippen LogP contribution in [0.4, 0.5) is 0 Å². The van der Waals surface area contributed by atoms with Gasteiger partial charge in [-0.1, -0.05) is 113 Å². The summed E-state index contributed by atoms with van der Waals surface area (Å²) < 4.78 is 3.24. The van der Waals surface area contributed by atoms with Gasteiger partial charge >= 0.3 is 0 Å². The fourth-order valence-electron chi connectivity index (χ4n) is 9.25. The molecular weight excluding hydrogens is 941 g/mol. The van der Waals surface area contributed by atoms with Crippen LogP contribution in [-0.4, -0.2) is 116 Å². The van der Waals surface area contributed by atoms with Crippen molar-refractivity contribution in [2.24, 2.45) is 10.8 Å². The molecule has 2 aliphatic rings. The van der Waals surface area contributed by atoms with Crippen LogP contribution in [0.2, 0.25) is 0 Å². The van der Waals surface area contributed by atoms with E-state index in [4.69, 9.17) is 0 Å². The zero-order valence-corrected chi connectivity index (χ0v) is 44.8. The van der Waals surface area contributed by atoms with Gasteiger partial charge in [0.15, 0.2) is 0 Å². The molecule has 8 N–H and O–H groups in total. The van der Waals surface area contributed by atoms with Crippen LogP contribution in [-0.2, 0) is 67.5 Å². The first-order valence-electron chi connectivity index (χ1n) is 25.9. The number of likely N-dealkylation sites (N-methyl/N-ethyl adjacent to an activating group) is 2. The number of benzene rings is 2. The molecule has 0 bridgehead atoms. The second-order valence-electron chi connectivity index (χ2n) is 21.8. The first kappa shape index (κ1) is 56.5. The van der Waals surface area contributed by atoms with E-state index >= 15 is 0 Å². The van der Waals surface area contributed by atoms with Crippen LogP contribution in [0.5, 0.6) is 0 Å². The van der Waals surface area contributed by atoms with E-state index in [2.05, 4.69) is 75.3 Å². The van der Waals surface area contributed by atoms with E-state index in [-0.39, 0.29) is 48.6 Å². The van der Waals surface area contributed by atoms with Crippen molar-refractivity contribution >= 4 is 35.4 Å². The van der Waals surface area contributed by atoms with Crippen LogP contribution in [0, 0.1) is 10.8 Å². The van der Waals surface area contributed by atoms with E-state index in [0.29, 0.717) is 24.5 Å². The standard InChI is InChI=1S/C54H78N14O6/c1-33(55-9)47(69)61-45(53(3,4)5)51(73)59-43(49(71)57-41-25-17-21-35-19-11-13-23-39(35)41)29-37-31-67(65-63-37)27-15-16-28-68-32-38(64-66-68)30-44(50(72)58-42-26-18-22-36-20-12-14-24-40(36)42)60-52(74)46(54(6,7)8)62-48(70)34(2)56-10/h11-16,19-20,23-24,31-34,41-46,55-56H,17-18,21-22,25-30H2,1-10H3,(H,57,71)(H,58,72)(H,59,73)(H,60,74)(H,61,69)(H,62,70)/b16-15-/t33-,34-,41+,42+,43-,44-,45+,46?/m0/s1. The van der Waals surface area contributed by atoms with Crippen molar-refractivity contribution in [1.82, 2.24) is 72.5 Å². The van der Waals surface area contributed by atoms with E-state index in [9.17, 15) is 28.8 Å². The molecule has 20 heteroatoms. The lowest BCUT2D eigenvalue weighted by atomic mass is 9.85. The Bertz CT molecular complexity index is 2440. The average molecular weight is 1020 g/mol. The molecule has 400 valence electrons. The molecule has 0 saturated carbocycles. The molecule has 20 nitrogen and oxygen atoms in total. The van der Waals surface area contributed by atoms with E-state index in [1.165, 1.54) is 11.1 Å². The van der Waals surface area contributed by atoms with Crippen molar-refractivity contribution < 1.29 is 28.8 Å². The summed E-state index contributed by atoms with van der Waals surface area (Å²) in [6, 6.07) is 10.6. The molecule has 4 aromatic rings. The van der Waals surface area contributed by atoms with Gasteiger partial charge in [0, 0.05) is 25.2 Å². The van der Waals surface area contributed by atoms with Gasteiger partial charge in [-0.05, 0) is 99.6 Å². The van der Waals surface area contributed by atoms with E-state index < -0.39 is 58.9 Å². The second kappa shape index (κ2) is 25.4. The summed E-state index contributed by atoms with van der Waals surface area (Å²) in [6.45, 7) is 15.2. The fourth-order valence-corrected chi connectivity index (χ4v) is 9.25. The van der Waals surface area contributed by atoms with Crippen LogP contribution < -0.4 is 42.5 Å². The first-order valence-corrected chi connectivity index (χ1v) is 25.9. The maximum atomic E-state index is 14.2. The van der Waals surface area contributed by atoms with E-state index in [1.807, 2.05) is 90.1 Å². The topological polar surface area (TPSA) is 260 Å². The molecule has 6 rings (SSSR count). The molecule has 2 aliphatic carbocycles. The lowest BCUT2D eigenvalue weighted by molar-refractivity contribution is -0.135. The molecule has 0 aliphatic heterocycles. The van der Waals surface area contributed by atoms with Gasteiger partial charge < -0.3 is 42.5 Å². The molecule has 0 fully saturated rings. The highest BCUT2D eigenvalue weighted by molar-refractivity contribution is 5.95. The summed E-state index contributed by atoms with van der Waals surface area (Å²) in [4.78, 5) is 82.4. The van der Waals surface area contributed by atoms with Crippen LogP contribution in [0.1, 0.15) is 127 Å². The third kappa shape index (κ3) is 15.4. The molecule has 6 amide bonds. The highest BCUT2D eigenvalue weighted by Crippen LogP contribution is 2.31. The molecule has 0 saturated heterocycles. The van der Waals surface area contributed by atoms with E-state index in [1.54, 1.807) is 49.7 Å². The predicted molar refractivity (Wildman–Crippen MR) is 281 cm³/mol. The van der Waals surface area contributed by atoms with Crippen LogP contribution in [0.15, 0.2) is 73.1 Å². The molecule has 8 atom stereocenters. The third-order valence-electron chi connectivity index (χ3n) is 13.9. The Morgan fingerprint density at radius 2 is 0.946 bits per heavy atom. The van der Waals surface area contributed by atoms with Crippen molar-refractivity contribution in [3.05, 3.63) is 107 Å². The molecule has 0 spiro atoms. The lowest BCUT2D eigenvalue weighted by Crippen LogP contribution is -2.60. The Hall–Kier alpha value is -6.80. The number of carbonyl (C=O) groups excluding carboxylic acids is 6. The number of rotatable bonds is 22. The zero-order chi connectivity index (χ0) is 53.7. The Morgan fingerprint density at radius 1 is 0.568 bits per heavy atom. The number of carbonyl (C=O) groups is 6. The maximum absolute atomic E-state index is 14.2. The molecule has 1 unspecified atom stereocenters. The number of allylic oxidation sites excluding steroid dienone is 2. The first-order chi connectivity index (χ1) is 35.1. The van der Waals surface area contributed by atoms with Crippen molar-refractivity contribution in [3.8, 4) is 0 Å². The smallest absolute Gasteiger partial charge is 0.243 e. The Labute approximate surface area is 435 Å². The highest BCUT2D eigenvalue weighted by atomic mass is 16.2. The lowest BCUT2D eigenvalue weighted by Gasteiger charge is -2.33. The summed E-state index contributed by atoms with van der Waals surface area (Å²) >= 11 is 0. The quantitative estimate of drug-likeness (QED) is 0.0529. The summed E-state index contributed by atoms with van der Waals surface area (Å²) in [7, 11) is 3.33. The average Bonchev–Trinajstić information content (AvgIpc) is 4.03. The molecular formula is C54H78N14O6. The molecule has 2 heterocycles. The maximum Gasteiger partial charge on any atom is 0.243 e. The zero-order valence-electron chi connectivity index (χ0n) is 44.8. The predicted octanol–water partition coefficient (Wildman–Crippen LogP) is 2.85. The van der Waals surface area contributed by atoms with Crippen LogP contribution >= 0.6 is 0 Å². The minimum atomic E-state index is -1.03. The molecule has 2 aromatic heterocycles. The summed E-state index contributed by atoms with van der Waals surface area (Å²) in [5.74, 6) is -2.40. The largest absolute Gasteiger partial charge is 0.347 e. The van der Waals surface area contributed by atoms with E-state index in [0.717, 1.165) is 49.7 Å². The third-order valence-corrected chi connectivity index (χ3v) is 13.9. The van der Waals surface area contributed by atoms with Crippen molar-refractivity contribution in [2.75, 3.05) is 14.1 Å². The SMILES string of the molecule is CN[C@@H](C)C(=O)NC(C(=O)N[C@@H](Cc1cn(C/C=C\Cn2cc(C[C@H](NC(=O)[C@@H](NC(=O)[C@H](C)NC)C(C)(C)C)C(=O)N[C@@H]3CCCc4ccccc43)nn2)nn1)C(=O)N[C@@H]1CCCc2ccccc21)C(C)(C)C. The molecule has 0 radical (unpaired) electrons. The van der Waals surface area contributed by atoms with Gasteiger partial charge in [-0.15, -0.1) is 10.2 Å². The number of aryl methyl sites for hydroxylation is 2. The Morgan fingerprint density at radius 3 is 1.31 bits per heavy atom. The van der Waals surface area contributed by atoms with Crippen LogP contribution in [0.3, 0.4) is 0 Å². The number of nitrogens with one attached hydrogen (secondary N) is 8. The normalized spacial score (nSPS) is 18.1. The van der Waals surface area contributed by atoms with Crippen molar-refractivity contribution in [2.45, 2.75) is 168 Å². The van der Waals surface area contributed by atoms with Crippen molar-refractivity contribution in [3.63, 3.8) is 0 Å².